The lowest BCUT2D eigenvalue weighted by Gasteiger charge is -2.44. The molecule has 33 heavy (non-hydrogen) atoms. The fourth-order valence-electron chi connectivity index (χ4n) is 6.35. The molecule has 2 N–H and O–H groups in total. The van der Waals surface area contributed by atoms with E-state index in [9.17, 15) is 9.18 Å². The van der Waals surface area contributed by atoms with Crippen LogP contribution in [0.5, 0.6) is 0 Å². The Kier molecular flexibility index (Phi) is 8.61. The molecule has 1 aliphatic heterocycles. The van der Waals surface area contributed by atoms with E-state index in [0.717, 1.165) is 50.9 Å². The van der Waals surface area contributed by atoms with Gasteiger partial charge < -0.3 is 15.2 Å². The van der Waals surface area contributed by atoms with E-state index in [0.29, 0.717) is 43.1 Å². The van der Waals surface area contributed by atoms with Gasteiger partial charge in [0, 0.05) is 36.9 Å². The number of nitrogens with one attached hydrogen (secondary N) is 2. The highest BCUT2D eigenvalue weighted by Gasteiger charge is 2.40. The molecule has 1 aromatic rings. The summed E-state index contributed by atoms with van der Waals surface area (Å²) in [6, 6.07) is 0.0220. The number of hydrogen-bond donors (Lipinski definition) is 2. The van der Waals surface area contributed by atoms with Crippen molar-refractivity contribution in [1.29, 1.82) is 0 Å². The number of piperidine rings is 1. The fraction of sp³-hybridized carbons (Fsp3) is 0.840. The fourth-order valence-corrected chi connectivity index (χ4v) is 6.96. The van der Waals surface area contributed by atoms with Crippen molar-refractivity contribution in [2.45, 2.75) is 101 Å². The maximum atomic E-state index is 14.0. The van der Waals surface area contributed by atoms with Crippen molar-refractivity contribution in [2.75, 3.05) is 6.54 Å². The van der Waals surface area contributed by atoms with Crippen LogP contribution in [0.2, 0.25) is 0 Å². The van der Waals surface area contributed by atoms with Crippen LogP contribution in [0.3, 0.4) is 0 Å². The number of imidazole rings is 1. The first-order valence-electron chi connectivity index (χ1n) is 12.7. The van der Waals surface area contributed by atoms with E-state index in [1.807, 2.05) is 19.3 Å². The van der Waals surface area contributed by atoms with Gasteiger partial charge in [0.1, 0.15) is 12.0 Å². The van der Waals surface area contributed by atoms with Crippen LogP contribution in [0.25, 0.3) is 0 Å². The van der Waals surface area contributed by atoms with Crippen molar-refractivity contribution in [3.05, 3.63) is 18.2 Å². The van der Waals surface area contributed by atoms with Crippen LogP contribution in [-0.4, -0.2) is 51.0 Å². The summed E-state index contributed by atoms with van der Waals surface area (Å²) >= 11 is 12.6. The second kappa shape index (κ2) is 11.3. The highest BCUT2D eigenvalue weighted by Crippen LogP contribution is 2.38. The molecule has 3 fully saturated rings. The normalized spacial score (nSPS) is 39.8. The smallest absolute Gasteiger partial charge is 0.237 e. The van der Waals surface area contributed by atoms with Crippen LogP contribution >= 0.6 is 23.2 Å². The van der Waals surface area contributed by atoms with Crippen LogP contribution in [0.4, 0.5) is 4.39 Å². The van der Waals surface area contributed by atoms with Gasteiger partial charge in [0.05, 0.1) is 11.4 Å². The van der Waals surface area contributed by atoms with Crippen LogP contribution in [-0.2, 0) is 11.3 Å². The molecule has 4 rings (SSSR count). The molecule has 186 valence electrons. The predicted octanol–water partition coefficient (Wildman–Crippen LogP) is 4.83. The number of amides is 1. The van der Waals surface area contributed by atoms with Gasteiger partial charge in [-0.1, -0.05) is 6.92 Å². The number of nitrogens with zero attached hydrogens (tertiary/aromatic N) is 2. The molecule has 2 aliphatic carbocycles. The molecule has 1 aromatic heterocycles. The van der Waals surface area contributed by atoms with Gasteiger partial charge in [0.15, 0.2) is 0 Å². The van der Waals surface area contributed by atoms with E-state index in [1.54, 1.807) is 0 Å². The third kappa shape index (κ3) is 6.43. The summed E-state index contributed by atoms with van der Waals surface area (Å²) in [5.74, 6) is 2.59. The molecule has 0 aromatic carbocycles. The standard InChI is InChI=1S/C25H39Cl2FN4O/c1-15-9-19(28)4-5-20(15)23-11-18(14-32-8-7-29-16(32)2)12-24(31-23)25(33)30-13-17-3-6-21(26)22(27)10-17/h7-8,15,17-24,31H,3-6,9-14H2,1-2H3,(H,30,33). The summed E-state index contributed by atoms with van der Waals surface area (Å²) < 4.78 is 16.2. The molecule has 1 saturated heterocycles. The minimum absolute atomic E-state index is 0.0191. The number of carbonyl (C=O) groups is 1. The molecule has 0 radical (unpaired) electrons. The van der Waals surface area contributed by atoms with E-state index in [-0.39, 0.29) is 28.7 Å². The highest BCUT2D eigenvalue weighted by molar-refractivity contribution is 6.30. The lowest BCUT2D eigenvalue weighted by Crippen LogP contribution is -2.57. The lowest BCUT2D eigenvalue weighted by molar-refractivity contribution is -0.125. The zero-order valence-corrected chi connectivity index (χ0v) is 21.4. The summed E-state index contributed by atoms with van der Waals surface area (Å²) in [4.78, 5) is 17.6. The summed E-state index contributed by atoms with van der Waals surface area (Å²) in [5.41, 5.74) is 0. The Morgan fingerprint density at radius 2 is 1.97 bits per heavy atom. The first kappa shape index (κ1) is 25.2. The Bertz CT molecular complexity index is 792. The van der Waals surface area contributed by atoms with Crippen LogP contribution < -0.4 is 10.6 Å². The molecule has 2 heterocycles. The SMILES string of the molecule is Cc1nccn1CC1CC(C(=O)NCC2CCC(Cl)C(Cl)C2)NC(C2CCC(F)CC2C)C1. The number of halogens is 3. The van der Waals surface area contributed by atoms with E-state index >= 15 is 0 Å². The largest absolute Gasteiger partial charge is 0.354 e. The maximum Gasteiger partial charge on any atom is 0.237 e. The Morgan fingerprint density at radius 3 is 2.67 bits per heavy atom. The minimum atomic E-state index is -0.683. The molecule has 9 unspecified atom stereocenters. The topological polar surface area (TPSA) is 59.0 Å². The van der Waals surface area contributed by atoms with Gasteiger partial charge in [-0.25, -0.2) is 9.37 Å². The quantitative estimate of drug-likeness (QED) is 0.549. The van der Waals surface area contributed by atoms with Crippen molar-refractivity contribution >= 4 is 29.1 Å². The molecular formula is C25H39Cl2FN4O. The Labute approximate surface area is 207 Å². The molecule has 3 aliphatic rings. The number of alkyl halides is 3. The summed E-state index contributed by atoms with van der Waals surface area (Å²) in [7, 11) is 0. The van der Waals surface area contributed by atoms with Crippen molar-refractivity contribution in [2.24, 2.45) is 23.7 Å². The van der Waals surface area contributed by atoms with E-state index in [2.05, 4.69) is 27.1 Å². The highest BCUT2D eigenvalue weighted by atomic mass is 35.5. The van der Waals surface area contributed by atoms with Gasteiger partial charge >= 0.3 is 0 Å². The second-order valence-corrected chi connectivity index (χ2v) is 11.9. The summed E-state index contributed by atoms with van der Waals surface area (Å²) in [6.07, 6.45) is 9.92. The van der Waals surface area contributed by atoms with E-state index in [1.165, 1.54) is 0 Å². The van der Waals surface area contributed by atoms with Crippen LogP contribution in [0, 0.1) is 30.6 Å². The van der Waals surface area contributed by atoms with Gasteiger partial charge in [-0.2, -0.15) is 0 Å². The Morgan fingerprint density at radius 1 is 1.15 bits per heavy atom. The first-order chi connectivity index (χ1) is 15.8. The van der Waals surface area contributed by atoms with Crippen molar-refractivity contribution < 1.29 is 9.18 Å². The van der Waals surface area contributed by atoms with E-state index < -0.39 is 6.17 Å². The minimum Gasteiger partial charge on any atom is -0.354 e. The maximum absolute atomic E-state index is 14.0. The van der Waals surface area contributed by atoms with Gasteiger partial charge in [-0.15, -0.1) is 23.2 Å². The van der Waals surface area contributed by atoms with Crippen molar-refractivity contribution in [3.8, 4) is 0 Å². The number of aryl methyl sites for hydroxylation is 1. The van der Waals surface area contributed by atoms with E-state index in [4.69, 9.17) is 23.2 Å². The molecular weight excluding hydrogens is 462 g/mol. The number of aromatic nitrogens is 2. The molecule has 0 bridgehead atoms. The lowest BCUT2D eigenvalue weighted by atomic mass is 9.71. The zero-order valence-electron chi connectivity index (χ0n) is 19.9. The second-order valence-electron chi connectivity index (χ2n) is 10.8. The van der Waals surface area contributed by atoms with Crippen molar-refractivity contribution in [3.63, 3.8) is 0 Å². The average molecular weight is 502 g/mol. The Balaban J connectivity index is 1.40. The van der Waals surface area contributed by atoms with Crippen molar-refractivity contribution in [1.82, 2.24) is 20.2 Å². The monoisotopic (exact) mass is 500 g/mol. The summed E-state index contributed by atoms with van der Waals surface area (Å²) in [5, 5.41) is 6.91. The average Bonchev–Trinajstić information content (AvgIpc) is 3.18. The molecule has 2 saturated carbocycles. The van der Waals surface area contributed by atoms with Crippen LogP contribution in [0.15, 0.2) is 12.4 Å². The number of hydrogen-bond acceptors (Lipinski definition) is 3. The molecule has 5 nitrogen and oxygen atoms in total. The van der Waals surface area contributed by atoms with Gasteiger partial charge in [-0.05, 0) is 82.0 Å². The molecule has 0 spiro atoms. The van der Waals surface area contributed by atoms with Gasteiger partial charge in [0.25, 0.3) is 0 Å². The first-order valence-corrected chi connectivity index (χ1v) is 13.6. The predicted molar refractivity (Wildman–Crippen MR) is 131 cm³/mol. The third-order valence-electron chi connectivity index (χ3n) is 8.32. The van der Waals surface area contributed by atoms with Gasteiger partial charge in [0.2, 0.25) is 5.91 Å². The zero-order chi connectivity index (χ0) is 23.5. The van der Waals surface area contributed by atoms with Gasteiger partial charge in [-0.3, -0.25) is 4.79 Å². The summed E-state index contributed by atoms with van der Waals surface area (Å²) in [6.45, 7) is 5.72. The molecule has 8 heteroatoms. The van der Waals surface area contributed by atoms with Crippen LogP contribution in [0.1, 0.15) is 64.1 Å². The number of rotatable bonds is 6. The Hall–Kier alpha value is -0.850. The molecule has 1 amide bonds. The third-order valence-corrected chi connectivity index (χ3v) is 9.46. The molecule has 9 atom stereocenters. The number of carbonyl (C=O) groups excluding carboxylic acids is 1.